The van der Waals surface area contributed by atoms with Crippen LogP contribution in [0.25, 0.3) is 0 Å². The number of guanidine groups is 1. The van der Waals surface area contributed by atoms with E-state index in [-0.39, 0.29) is 47.4 Å². The molecule has 0 aliphatic rings. The number of benzene rings is 1. The SMILES string of the molecule is CN=C(NCC(=O)NC(C)(C)C)NCC(C)(C)c1ccccc1.I. The molecule has 1 aromatic rings. The van der Waals surface area contributed by atoms with Crippen molar-refractivity contribution in [1.29, 1.82) is 0 Å². The van der Waals surface area contributed by atoms with E-state index in [1.54, 1.807) is 7.05 Å². The van der Waals surface area contributed by atoms with Crippen molar-refractivity contribution >= 4 is 35.8 Å². The Bertz CT molecular complexity index is 536. The molecule has 6 heteroatoms. The zero-order valence-corrected chi connectivity index (χ0v) is 17.9. The summed E-state index contributed by atoms with van der Waals surface area (Å²) in [6.45, 7) is 11.1. The molecule has 24 heavy (non-hydrogen) atoms. The summed E-state index contributed by atoms with van der Waals surface area (Å²) in [5.74, 6) is 0.570. The Labute approximate surface area is 163 Å². The molecule has 0 aromatic heterocycles. The second kappa shape index (κ2) is 9.86. The molecule has 5 nitrogen and oxygen atoms in total. The molecule has 1 amide bonds. The zero-order chi connectivity index (χ0) is 17.5. The molecule has 136 valence electrons. The van der Waals surface area contributed by atoms with Gasteiger partial charge in [0.05, 0.1) is 6.54 Å². The van der Waals surface area contributed by atoms with Gasteiger partial charge in [-0.2, -0.15) is 0 Å². The van der Waals surface area contributed by atoms with Gasteiger partial charge in [-0.3, -0.25) is 9.79 Å². The molecule has 0 heterocycles. The lowest BCUT2D eigenvalue weighted by Gasteiger charge is -2.27. The van der Waals surface area contributed by atoms with E-state index in [4.69, 9.17) is 0 Å². The van der Waals surface area contributed by atoms with Crippen LogP contribution in [0.3, 0.4) is 0 Å². The van der Waals surface area contributed by atoms with E-state index in [1.807, 2.05) is 39.0 Å². The van der Waals surface area contributed by atoms with Gasteiger partial charge in [-0.15, -0.1) is 24.0 Å². The van der Waals surface area contributed by atoms with E-state index in [1.165, 1.54) is 5.56 Å². The summed E-state index contributed by atoms with van der Waals surface area (Å²) in [5.41, 5.74) is 0.991. The predicted octanol–water partition coefficient (Wildman–Crippen LogP) is 2.66. The summed E-state index contributed by atoms with van der Waals surface area (Å²) >= 11 is 0. The Hall–Kier alpha value is -1.31. The maximum atomic E-state index is 11.8. The van der Waals surface area contributed by atoms with Crippen LogP contribution >= 0.6 is 24.0 Å². The number of hydrogen-bond donors (Lipinski definition) is 3. The van der Waals surface area contributed by atoms with Gasteiger partial charge in [-0.25, -0.2) is 0 Å². The molecule has 0 bridgehead atoms. The van der Waals surface area contributed by atoms with Gasteiger partial charge in [0.1, 0.15) is 0 Å². The lowest BCUT2D eigenvalue weighted by Crippen LogP contribution is -2.49. The molecule has 0 saturated carbocycles. The molecule has 3 N–H and O–H groups in total. The van der Waals surface area contributed by atoms with Crippen molar-refractivity contribution in [1.82, 2.24) is 16.0 Å². The molecular weight excluding hydrogens is 415 g/mol. The number of aliphatic imine (C=N–C) groups is 1. The number of hydrogen-bond acceptors (Lipinski definition) is 2. The molecule has 0 radical (unpaired) electrons. The fraction of sp³-hybridized carbons (Fsp3) is 0.556. The van der Waals surface area contributed by atoms with Crippen molar-refractivity contribution in [2.45, 2.75) is 45.6 Å². The molecular formula is C18H31IN4O. The molecule has 1 rings (SSSR count). The summed E-state index contributed by atoms with van der Waals surface area (Å²) in [7, 11) is 1.70. The van der Waals surface area contributed by atoms with Crippen molar-refractivity contribution in [2.24, 2.45) is 4.99 Å². The third-order valence-corrected chi connectivity index (χ3v) is 3.41. The lowest BCUT2D eigenvalue weighted by molar-refractivity contribution is -0.121. The van der Waals surface area contributed by atoms with E-state index < -0.39 is 0 Å². The largest absolute Gasteiger partial charge is 0.356 e. The average molecular weight is 446 g/mol. The van der Waals surface area contributed by atoms with E-state index in [0.717, 1.165) is 6.54 Å². The Morgan fingerprint density at radius 3 is 2.12 bits per heavy atom. The molecule has 0 unspecified atom stereocenters. The molecule has 0 aliphatic carbocycles. The lowest BCUT2D eigenvalue weighted by atomic mass is 9.85. The van der Waals surface area contributed by atoms with Crippen LogP contribution < -0.4 is 16.0 Å². The van der Waals surface area contributed by atoms with Crippen LogP contribution in [0.5, 0.6) is 0 Å². The highest BCUT2D eigenvalue weighted by Gasteiger charge is 2.20. The van der Waals surface area contributed by atoms with Gasteiger partial charge in [0.15, 0.2) is 5.96 Å². The van der Waals surface area contributed by atoms with Crippen LogP contribution in [0.1, 0.15) is 40.2 Å². The molecule has 0 spiro atoms. The fourth-order valence-electron chi connectivity index (χ4n) is 2.14. The highest BCUT2D eigenvalue weighted by molar-refractivity contribution is 14.0. The second-order valence-electron chi connectivity index (χ2n) is 7.33. The van der Waals surface area contributed by atoms with Crippen molar-refractivity contribution < 1.29 is 4.79 Å². The topological polar surface area (TPSA) is 65.5 Å². The Balaban J connectivity index is 0.00000529. The number of carbonyl (C=O) groups is 1. The third-order valence-electron chi connectivity index (χ3n) is 3.41. The van der Waals surface area contributed by atoms with E-state index >= 15 is 0 Å². The minimum absolute atomic E-state index is 0. The summed E-state index contributed by atoms with van der Waals surface area (Å²) in [4.78, 5) is 16.0. The second-order valence-corrected chi connectivity index (χ2v) is 7.33. The van der Waals surface area contributed by atoms with E-state index in [9.17, 15) is 4.79 Å². The first-order chi connectivity index (χ1) is 10.6. The van der Waals surface area contributed by atoms with Crippen molar-refractivity contribution in [3.63, 3.8) is 0 Å². The van der Waals surface area contributed by atoms with Crippen LogP contribution in [-0.4, -0.2) is 37.5 Å². The van der Waals surface area contributed by atoms with Gasteiger partial charge in [0.2, 0.25) is 5.91 Å². The first-order valence-corrected chi connectivity index (χ1v) is 7.95. The normalized spacial score (nSPS) is 12.2. The van der Waals surface area contributed by atoms with Gasteiger partial charge < -0.3 is 16.0 Å². The fourth-order valence-corrected chi connectivity index (χ4v) is 2.14. The number of rotatable bonds is 5. The minimum Gasteiger partial charge on any atom is -0.356 e. The Morgan fingerprint density at radius 1 is 1.04 bits per heavy atom. The number of halogens is 1. The number of amides is 1. The highest BCUT2D eigenvalue weighted by Crippen LogP contribution is 2.21. The van der Waals surface area contributed by atoms with Crippen LogP contribution in [0.2, 0.25) is 0 Å². The molecule has 0 atom stereocenters. The van der Waals surface area contributed by atoms with Crippen LogP contribution in [0.15, 0.2) is 35.3 Å². The summed E-state index contributed by atoms with van der Waals surface area (Å²) in [6.07, 6.45) is 0. The average Bonchev–Trinajstić information content (AvgIpc) is 2.46. The molecule has 0 fully saturated rings. The van der Waals surface area contributed by atoms with E-state index in [2.05, 4.69) is 46.9 Å². The number of nitrogens with zero attached hydrogens (tertiary/aromatic N) is 1. The van der Waals surface area contributed by atoms with Gasteiger partial charge >= 0.3 is 0 Å². The smallest absolute Gasteiger partial charge is 0.239 e. The van der Waals surface area contributed by atoms with Gasteiger partial charge in [0, 0.05) is 24.5 Å². The van der Waals surface area contributed by atoms with Gasteiger partial charge in [0.25, 0.3) is 0 Å². The van der Waals surface area contributed by atoms with Gasteiger partial charge in [-0.1, -0.05) is 44.2 Å². The van der Waals surface area contributed by atoms with Crippen LogP contribution in [0.4, 0.5) is 0 Å². The van der Waals surface area contributed by atoms with E-state index in [0.29, 0.717) is 5.96 Å². The molecule has 0 aliphatic heterocycles. The van der Waals surface area contributed by atoms with Crippen molar-refractivity contribution in [2.75, 3.05) is 20.1 Å². The highest BCUT2D eigenvalue weighted by atomic mass is 127. The quantitative estimate of drug-likeness (QED) is 0.370. The monoisotopic (exact) mass is 446 g/mol. The molecule has 1 aromatic carbocycles. The standard InChI is InChI=1S/C18H30N4O.HI/c1-17(2,3)22-15(23)12-20-16(19-6)21-13-18(4,5)14-10-8-7-9-11-14;/h7-11H,12-13H2,1-6H3,(H,22,23)(H2,19,20,21);1H. The Kier molecular flexibility index (Phi) is 9.32. The zero-order valence-electron chi connectivity index (χ0n) is 15.6. The maximum absolute atomic E-state index is 11.8. The number of carbonyl (C=O) groups excluding carboxylic acids is 1. The van der Waals surface area contributed by atoms with Crippen molar-refractivity contribution in [3.05, 3.63) is 35.9 Å². The van der Waals surface area contributed by atoms with Crippen molar-refractivity contribution in [3.8, 4) is 0 Å². The van der Waals surface area contributed by atoms with Crippen LogP contribution in [0, 0.1) is 0 Å². The van der Waals surface area contributed by atoms with Crippen LogP contribution in [-0.2, 0) is 10.2 Å². The molecule has 0 saturated heterocycles. The maximum Gasteiger partial charge on any atom is 0.239 e. The summed E-state index contributed by atoms with van der Waals surface area (Å²) in [5, 5.41) is 9.24. The Morgan fingerprint density at radius 2 is 1.62 bits per heavy atom. The third kappa shape index (κ3) is 8.52. The first kappa shape index (κ1) is 22.7. The predicted molar refractivity (Wildman–Crippen MR) is 112 cm³/mol. The first-order valence-electron chi connectivity index (χ1n) is 7.95. The number of nitrogens with one attached hydrogen (secondary N) is 3. The summed E-state index contributed by atoms with van der Waals surface area (Å²) in [6, 6.07) is 10.3. The minimum atomic E-state index is -0.231. The summed E-state index contributed by atoms with van der Waals surface area (Å²) < 4.78 is 0. The van der Waals surface area contributed by atoms with Gasteiger partial charge in [-0.05, 0) is 26.3 Å².